The van der Waals surface area contributed by atoms with Crippen molar-refractivity contribution < 1.29 is 0 Å². The molecule has 5 aromatic rings. The molecule has 0 spiro atoms. The van der Waals surface area contributed by atoms with Crippen LogP contribution in [-0.4, -0.2) is 24.1 Å². The number of hydrogen-bond acceptors (Lipinski definition) is 4. The third kappa shape index (κ3) is 3.08. The van der Waals surface area contributed by atoms with Gasteiger partial charge in [-0.2, -0.15) is 0 Å². The molecule has 0 atom stereocenters. The molecule has 1 fully saturated rings. The third-order valence-corrected chi connectivity index (χ3v) is 7.17. The van der Waals surface area contributed by atoms with Gasteiger partial charge in [0.1, 0.15) is 16.7 Å². The van der Waals surface area contributed by atoms with E-state index in [1.165, 1.54) is 17.5 Å². The molecule has 6 nitrogen and oxygen atoms in total. The summed E-state index contributed by atoms with van der Waals surface area (Å²) in [5, 5.41) is 0.567. The largest absolute Gasteiger partial charge is 0.293 e. The molecule has 1 aliphatic rings. The highest BCUT2D eigenvalue weighted by Gasteiger charge is 2.25. The van der Waals surface area contributed by atoms with E-state index >= 15 is 0 Å². The SMILES string of the molecule is Cc1ccc(-n2c3nc4ccccc4nc3c3c(=O)n(C4CCCCC4)c(C)nc32)cc1C. The number of nitrogens with zero attached hydrogens (tertiary/aromatic N) is 5. The number of para-hydroxylation sites is 2. The molecular weight excluding hydrogens is 410 g/mol. The molecule has 6 heteroatoms. The summed E-state index contributed by atoms with van der Waals surface area (Å²) in [6.07, 6.45) is 5.60. The van der Waals surface area contributed by atoms with Gasteiger partial charge in [-0.25, -0.2) is 15.0 Å². The van der Waals surface area contributed by atoms with Gasteiger partial charge in [0.05, 0.1) is 11.0 Å². The summed E-state index contributed by atoms with van der Waals surface area (Å²) in [5.41, 5.74) is 6.89. The van der Waals surface area contributed by atoms with Crippen LogP contribution in [0, 0.1) is 20.8 Å². The normalized spacial score (nSPS) is 15.1. The standard InChI is InChI=1S/C27H27N5O/c1-16-13-14-20(15-17(16)2)32-25-23(24-26(32)30-22-12-8-7-11-21(22)29-24)27(33)31(18(3)28-25)19-9-5-4-6-10-19/h7-8,11-15,19H,4-6,9-10H2,1-3H3. The number of rotatable bonds is 2. The molecule has 1 saturated carbocycles. The van der Waals surface area contributed by atoms with Crippen LogP contribution in [0.4, 0.5) is 0 Å². The highest BCUT2D eigenvalue weighted by atomic mass is 16.1. The first-order valence-electron chi connectivity index (χ1n) is 11.8. The summed E-state index contributed by atoms with van der Waals surface area (Å²) in [6.45, 7) is 6.15. The van der Waals surface area contributed by atoms with Crippen molar-refractivity contribution in [2.24, 2.45) is 0 Å². The van der Waals surface area contributed by atoms with Crippen molar-refractivity contribution in [2.75, 3.05) is 0 Å². The van der Waals surface area contributed by atoms with Crippen molar-refractivity contribution in [3.63, 3.8) is 0 Å². The second-order valence-electron chi connectivity index (χ2n) is 9.31. The summed E-state index contributed by atoms with van der Waals surface area (Å²) >= 11 is 0. The zero-order valence-electron chi connectivity index (χ0n) is 19.3. The van der Waals surface area contributed by atoms with Crippen LogP contribution in [0.2, 0.25) is 0 Å². The monoisotopic (exact) mass is 437 g/mol. The van der Waals surface area contributed by atoms with Crippen LogP contribution < -0.4 is 5.56 Å². The van der Waals surface area contributed by atoms with Gasteiger partial charge in [-0.05, 0) is 69.0 Å². The van der Waals surface area contributed by atoms with Gasteiger partial charge in [0, 0.05) is 11.7 Å². The number of fused-ring (bicyclic) bond motifs is 4. The second kappa shape index (κ2) is 7.51. The molecule has 1 aliphatic carbocycles. The van der Waals surface area contributed by atoms with E-state index in [0.717, 1.165) is 48.2 Å². The Kier molecular flexibility index (Phi) is 4.57. The van der Waals surface area contributed by atoms with Crippen LogP contribution in [0.5, 0.6) is 0 Å². The molecule has 33 heavy (non-hydrogen) atoms. The molecule has 2 aromatic carbocycles. The van der Waals surface area contributed by atoms with Crippen LogP contribution in [0.15, 0.2) is 47.3 Å². The molecule has 0 saturated heterocycles. The van der Waals surface area contributed by atoms with Gasteiger partial charge in [-0.3, -0.25) is 13.9 Å². The van der Waals surface area contributed by atoms with Crippen LogP contribution in [-0.2, 0) is 0 Å². The maximum absolute atomic E-state index is 14.0. The van der Waals surface area contributed by atoms with E-state index in [2.05, 4.69) is 32.0 Å². The third-order valence-electron chi connectivity index (χ3n) is 7.17. The zero-order chi connectivity index (χ0) is 22.7. The minimum absolute atomic E-state index is 0.00145. The Hall–Kier alpha value is -3.54. The van der Waals surface area contributed by atoms with Crippen molar-refractivity contribution in [1.82, 2.24) is 24.1 Å². The highest BCUT2D eigenvalue weighted by molar-refractivity contribution is 6.05. The van der Waals surface area contributed by atoms with Gasteiger partial charge in [0.25, 0.3) is 5.56 Å². The van der Waals surface area contributed by atoms with Gasteiger partial charge in [-0.15, -0.1) is 0 Å². The van der Waals surface area contributed by atoms with Crippen molar-refractivity contribution in [1.29, 1.82) is 0 Å². The Bertz CT molecular complexity index is 1600. The first kappa shape index (κ1) is 20.1. The lowest BCUT2D eigenvalue weighted by Crippen LogP contribution is -2.29. The summed E-state index contributed by atoms with van der Waals surface area (Å²) in [5.74, 6) is 0.761. The van der Waals surface area contributed by atoms with Crippen LogP contribution >= 0.6 is 0 Å². The Morgan fingerprint density at radius 3 is 2.27 bits per heavy atom. The second-order valence-corrected chi connectivity index (χ2v) is 9.31. The quantitative estimate of drug-likeness (QED) is 0.355. The minimum atomic E-state index is 0.00145. The molecule has 0 unspecified atom stereocenters. The van der Waals surface area contributed by atoms with Crippen molar-refractivity contribution in [3.05, 3.63) is 69.8 Å². The molecule has 0 bridgehead atoms. The molecule has 3 aromatic heterocycles. The van der Waals surface area contributed by atoms with Gasteiger partial charge < -0.3 is 0 Å². The molecule has 0 aliphatic heterocycles. The Balaban J connectivity index is 1.76. The van der Waals surface area contributed by atoms with E-state index in [9.17, 15) is 4.79 Å². The van der Waals surface area contributed by atoms with Crippen LogP contribution in [0.25, 0.3) is 38.9 Å². The molecule has 166 valence electrons. The average molecular weight is 438 g/mol. The van der Waals surface area contributed by atoms with Crippen molar-refractivity contribution in [3.8, 4) is 5.69 Å². The Morgan fingerprint density at radius 2 is 1.55 bits per heavy atom. The van der Waals surface area contributed by atoms with E-state index < -0.39 is 0 Å². The topological polar surface area (TPSA) is 65.6 Å². The first-order valence-corrected chi connectivity index (χ1v) is 11.8. The minimum Gasteiger partial charge on any atom is -0.293 e. The molecule has 0 amide bonds. The Labute approximate surface area is 191 Å². The van der Waals surface area contributed by atoms with E-state index in [1.54, 1.807) is 0 Å². The maximum Gasteiger partial charge on any atom is 0.265 e. The first-order chi connectivity index (χ1) is 16.0. The number of hydrogen-bond donors (Lipinski definition) is 0. The zero-order valence-corrected chi connectivity index (χ0v) is 19.3. The summed E-state index contributed by atoms with van der Waals surface area (Å²) in [4.78, 5) is 28.9. The highest BCUT2D eigenvalue weighted by Crippen LogP contribution is 2.32. The lowest BCUT2D eigenvalue weighted by molar-refractivity contribution is 0.339. The molecule has 3 heterocycles. The predicted octanol–water partition coefficient (Wildman–Crippen LogP) is 5.71. The Morgan fingerprint density at radius 1 is 0.818 bits per heavy atom. The maximum atomic E-state index is 14.0. The van der Waals surface area contributed by atoms with Gasteiger partial charge in [0.2, 0.25) is 0 Å². The van der Waals surface area contributed by atoms with Crippen molar-refractivity contribution in [2.45, 2.75) is 58.9 Å². The summed E-state index contributed by atoms with van der Waals surface area (Å²) in [7, 11) is 0. The lowest BCUT2D eigenvalue weighted by Gasteiger charge is -2.25. The number of aryl methyl sites for hydroxylation is 3. The average Bonchev–Trinajstić information content (AvgIpc) is 3.13. The molecular formula is C27H27N5O. The van der Waals surface area contributed by atoms with E-state index in [0.29, 0.717) is 22.2 Å². The van der Waals surface area contributed by atoms with Crippen LogP contribution in [0.1, 0.15) is 55.1 Å². The number of benzene rings is 2. The number of aromatic nitrogens is 5. The van der Waals surface area contributed by atoms with Gasteiger partial charge in [0.15, 0.2) is 11.3 Å². The van der Waals surface area contributed by atoms with E-state index in [-0.39, 0.29) is 11.6 Å². The summed E-state index contributed by atoms with van der Waals surface area (Å²) in [6, 6.07) is 14.3. The summed E-state index contributed by atoms with van der Waals surface area (Å²) < 4.78 is 3.93. The lowest BCUT2D eigenvalue weighted by atomic mass is 9.95. The van der Waals surface area contributed by atoms with Crippen molar-refractivity contribution >= 4 is 33.2 Å². The molecule has 0 radical (unpaired) electrons. The van der Waals surface area contributed by atoms with E-state index in [4.69, 9.17) is 15.0 Å². The van der Waals surface area contributed by atoms with Crippen LogP contribution in [0.3, 0.4) is 0 Å². The fourth-order valence-electron chi connectivity index (χ4n) is 5.29. The fourth-order valence-corrected chi connectivity index (χ4v) is 5.29. The predicted molar refractivity (Wildman–Crippen MR) is 132 cm³/mol. The molecule has 6 rings (SSSR count). The fraction of sp³-hybridized carbons (Fsp3) is 0.333. The van der Waals surface area contributed by atoms with Gasteiger partial charge >= 0.3 is 0 Å². The van der Waals surface area contributed by atoms with E-state index in [1.807, 2.05) is 40.3 Å². The van der Waals surface area contributed by atoms with Gasteiger partial charge in [-0.1, -0.05) is 37.5 Å². The molecule has 0 N–H and O–H groups in total. The smallest absolute Gasteiger partial charge is 0.265 e.